The van der Waals surface area contributed by atoms with Crippen molar-refractivity contribution in [3.63, 3.8) is 0 Å². The van der Waals surface area contributed by atoms with Crippen molar-refractivity contribution in [2.45, 2.75) is 32.4 Å². The maximum absolute atomic E-state index is 12.7. The molecular formula is C15H30N4O. The zero-order chi connectivity index (χ0) is 14.7. The summed E-state index contributed by atoms with van der Waals surface area (Å²) >= 11 is 0. The number of amides is 1. The lowest BCUT2D eigenvalue weighted by atomic mass is 10.0. The summed E-state index contributed by atoms with van der Waals surface area (Å²) in [7, 11) is 4.01. The fourth-order valence-corrected chi connectivity index (χ4v) is 3.58. The average Bonchev–Trinajstić information content (AvgIpc) is 2.88. The van der Waals surface area contributed by atoms with E-state index in [-0.39, 0.29) is 6.04 Å². The molecule has 116 valence electrons. The molecule has 2 rings (SSSR count). The van der Waals surface area contributed by atoms with Gasteiger partial charge in [-0.25, -0.2) is 0 Å². The van der Waals surface area contributed by atoms with E-state index in [0.717, 1.165) is 45.7 Å². The molecule has 0 radical (unpaired) electrons. The molecule has 20 heavy (non-hydrogen) atoms. The van der Waals surface area contributed by atoms with Crippen molar-refractivity contribution in [3.8, 4) is 0 Å². The highest BCUT2D eigenvalue weighted by atomic mass is 16.2. The molecule has 1 amide bonds. The quantitative estimate of drug-likeness (QED) is 0.792. The zero-order valence-electron chi connectivity index (χ0n) is 13.4. The van der Waals surface area contributed by atoms with Crippen LogP contribution < -0.4 is 5.32 Å². The predicted molar refractivity (Wildman–Crippen MR) is 81.7 cm³/mol. The van der Waals surface area contributed by atoms with Crippen molar-refractivity contribution in [3.05, 3.63) is 0 Å². The number of rotatable bonds is 4. The zero-order valence-corrected chi connectivity index (χ0v) is 13.4. The molecule has 5 heteroatoms. The second-order valence-electron chi connectivity index (χ2n) is 6.67. The van der Waals surface area contributed by atoms with Gasteiger partial charge in [0.1, 0.15) is 0 Å². The molecule has 0 spiro atoms. The van der Waals surface area contributed by atoms with Gasteiger partial charge in [-0.05, 0) is 26.4 Å². The van der Waals surface area contributed by atoms with Gasteiger partial charge in [0.15, 0.2) is 0 Å². The van der Waals surface area contributed by atoms with Crippen molar-refractivity contribution in [2.75, 3.05) is 53.4 Å². The van der Waals surface area contributed by atoms with Crippen molar-refractivity contribution in [1.82, 2.24) is 20.0 Å². The van der Waals surface area contributed by atoms with E-state index < -0.39 is 0 Å². The first kappa shape index (κ1) is 15.7. The molecule has 2 saturated heterocycles. The van der Waals surface area contributed by atoms with Gasteiger partial charge in [0.05, 0.1) is 6.04 Å². The van der Waals surface area contributed by atoms with E-state index in [4.69, 9.17) is 0 Å². The van der Waals surface area contributed by atoms with Crippen LogP contribution in [0.4, 0.5) is 0 Å². The molecule has 0 aromatic heterocycles. The molecule has 2 aliphatic heterocycles. The third-order valence-electron chi connectivity index (χ3n) is 4.58. The lowest BCUT2D eigenvalue weighted by Crippen LogP contribution is -2.51. The molecule has 1 N–H and O–H groups in total. The topological polar surface area (TPSA) is 38.8 Å². The first-order chi connectivity index (χ1) is 9.50. The van der Waals surface area contributed by atoms with E-state index >= 15 is 0 Å². The fraction of sp³-hybridized carbons (Fsp3) is 0.933. The minimum atomic E-state index is 0.0109. The molecule has 0 aliphatic carbocycles. The van der Waals surface area contributed by atoms with Crippen LogP contribution in [0.2, 0.25) is 0 Å². The van der Waals surface area contributed by atoms with Crippen LogP contribution in [0.5, 0.6) is 0 Å². The van der Waals surface area contributed by atoms with Crippen molar-refractivity contribution in [2.24, 2.45) is 5.92 Å². The molecule has 2 fully saturated rings. The smallest absolute Gasteiger partial charge is 0.240 e. The van der Waals surface area contributed by atoms with Gasteiger partial charge < -0.3 is 10.2 Å². The molecular weight excluding hydrogens is 252 g/mol. The molecule has 2 atom stereocenters. The van der Waals surface area contributed by atoms with Gasteiger partial charge in [0.2, 0.25) is 5.91 Å². The average molecular weight is 282 g/mol. The van der Waals surface area contributed by atoms with Crippen LogP contribution in [0.15, 0.2) is 0 Å². The van der Waals surface area contributed by atoms with Crippen LogP contribution in [0, 0.1) is 5.92 Å². The van der Waals surface area contributed by atoms with Crippen molar-refractivity contribution < 1.29 is 4.79 Å². The Morgan fingerprint density at radius 3 is 2.40 bits per heavy atom. The number of hydrogen-bond donors (Lipinski definition) is 1. The van der Waals surface area contributed by atoms with Crippen LogP contribution in [-0.4, -0.2) is 86.1 Å². The fourth-order valence-electron chi connectivity index (χ4n) is 3.58. The third kappa shape index (κ3) is 3.51. The Kier molecular flexibility index (Phi) is 5.41. The summed E-state index contributed by atoms with van der Waals surface area (Å²) in [6.45, 7) is 10.5. The Balaban J connectivity index is 1.92. The molecule has 2 heterocycles. The molecule has 5 nitrogen and oxygen atoms in total. The number of likely N-dealkylation sites (tertiary alicyclic amines) is 1. The molecule has 0 aromatic carbocycles. The minimum Gasteiger partial charge on any atom is -0.340 e. The number of likely N-dealkylation sites (N-methyl/N-ethyl adjacent to an activating group) is 1. The lowest BCUT2D eigenvalue weighted by molar-refractivity contribution is -0.136. The van der Waals surface area contributed by atoms with E-state index in [9.17, 15) is 4.79 Å². The van der Waals surface area contributed by atoms with Gasteiger partial charge in [0.25, 0.3) is 0 Å². The van der Waals surface area contributed by atoms with Crippen LogP contribution >= 0.6 is 0 Å². The number of hydrogen-bond acceptors (Lipinski definition) is 4. The van der Waals surface area contributed by atoms with E-state index in [2.05, 4.69) is 33.9 Å². The Hall–Kier alpha value is -0.650. The third-order valence-corrected chi connectivity index (χ3v) is 4.58. The SMILES string of the molecule is CC(C)[C@@H](C(=O)N1CCC(N2CCNCC2)C1)N(C)C. The van der Waals surface area contributed by atoms with Crippen LogP contribution in [0.1, 0.15) is 20.3 Å². The van der Waals surface area contributed by atoms with Gasteiger partial charge in [-0.1, -0.05) is 13.8 Å². The van der Waals surface area contributed by atoms with E-state index in [1.54, 1.807) is 0 Å². The summed E-state index contributed by atoms with van der Waals surface area (Å²) in [6.07, 6.45) is 1.13. The first-order valence-corrected chi connectivity index (χ1v) is 7.90. The summed E-state index contributed by atoms with van der Waals surface area (Å²) in [6, 6.07) is 0.577. The Bertz CT molecular complexity index is 318. The summed E-state index contributed by atoms with van der Waals surface area (Å²) in [5, 5.41) is 3.39. The standard InChI is InChI=1S/C15H30N4O/c1-12(2)14(17(3)4)15(20)19-8-5-13(11-19)18-9-6-16-7-10-18/h12-14,16H,5-11H2,1-4H3/t13?,14-/m0/s1. The van der Waals surface area contributed by atoms with Gasteiger partial charge in [0, 0.05) is 45.3 Å². The largest absolute Gasteiger partial charge is 0.340 e. The maximum atomic E-state index is 12.7. The second-order valence-corrected chi connectivity index (χ2v) is 6.67. The lowest BCUT2D eigenvalue weighted by Gasteiger charge is -2.34. The number of carbonyl (C=O) groups is 1. The molecule has 1 unspecified atom stereocenters. The van der Waals surface area contributed by atoms with E-state index in [1.807, 2.05) is 14.1 Å². The Labute approximate surface area is 123 Å². The number of nitrogens with one attached hydrogen (secondary N) is 1. The maximum Gasteiger partial charge on any atom is 0.240 e. The van der Waals surface area contributed by atoms with E-state index in [1.165, 1.54) is 0 Å². The summed E-state index contributed by atoms with van der Waals surface area (Å²) in [5.74, 6) is 0.665. The van der Waals surface area contributed by atoms with Gasteiger partial charge in [-0.15, -0.1) is 0 Å². The molecule has 0 bridgehead atoms. The number of piperazine rings is 1. The highest BCUT2D eigenvalue weighted by Gasteiger charge is 2.35. The minimum absolute atomic E-state index is 0.0109. The van der Waals surface area contributed by atoms with Crippen LogP contribution in [0.3, 0.4) is 0 Å². The Morgan fingerprint density at radius 1 is 1.20 bits per heavy atom. The van der Waals surface area contributed by atoms with E-state index in [0.29, 0.717) is 17.9 Å². The summed E-state index contributed by atoms with van der Waals surface area (Å²) < 4.78 is 0. The number of nitrogens with zero attached hydrogens (tertiary/aromatic N) is 3. The highest BCUT2D eigenvalue weighted by molar-refractivity contribution is 5.82. The number of carbonyl (C=O) groups excluding carboxylic acids is 1. The molecule has 0 saturated carbocycles. The predicted octanol–water partition coefficient (Wildman–Crippen LogP) is 0.0787. The summed E-state index contributed by atoms with van der Waals surface area (Å²) in [4.78, 5) is 19.4. The van der Waals surface area contributed by atoms with Gasteiger partial charge in [-0.2, -0.15) is 0 Å². The second kappa shape index (κ2) is 6.87. The van der Waals surface area contributed by atoms with Crippen molar-refractivity contribution >= 4 is 5.91 Å². The highest BCUT2D eigenvalue weighted by Crippen LogP contribution is 2.20. The van der Waals surface area contributed by atoms with Crippen LogP contribution in [0.25, 0.3) is 0 Å². The van der Waals surface area contributed by atoms with Crippen molar-refractivity contribution in [1.29, 1.82) is 0 Å². The van der Waals surface area contributed by atoms with Gasteiger partial charge >= 0.3 is 0 Å². The normalized spacial score (nSPS) is 26.5. The first-order valence-electron chi connectivity index (χ1n) is 7.90. The summed E-state index contributed by atoms with van der Waals surface area (Å²) in [5.41, 5.74) is 0. The molecule has 2 aliphatic rings. The monoisotopic (exact) mass is 282 g/mol. The van der Waals surface area contributed by atoms with Gasteiger partial charge in [-0.3, -0.25) is 14.6 Å². The Morgan fingerprint density at radius 2 is 1.85 bits per heavy atom. The van der Waals surface area contributed by atoms with Crippen LogP contribution in [-0.2, 0) is 4.79 Å². The molecule has 0 aromatic rings.